The van der Waals surface area contributed by atoms with E-state index >= 15 is 0 Å². The van der Waals surface area contributed by atoms with Gasteiger partial charge in [0.2, 0.25) is 0 Å². The summed E-state index contributed by atoms with van der Waals surface area (Å²) >= 11 is 1.13. The summed E-state index contributed by atoms with van der Waals surface area (Å²) in [7, 11) is 0. The average Bonchev–Trinajstić information content (AvgIpc) is 2.83. The number of hydrogen-bond donors (Lipinski definition) is 2. The number of benzene rings is 1. The lowest BCUT2D eigenvalue weighted by Crippen LogP contribution is -1.95. The Hall–Kier alpha value is -2.41. The summed E-state index contributed by atoms with van der Waals surface area (Å²) in [6, 6.07) is 8.94. The van der Waals surface area contributed by atoms with E-state index in [0.29, 0.717) is 0 Å². The summed E-state index contributed by atoms with van der Waals surface area (Å²) in [6.45, 7) is 0. The minimum absolute atomic E-state index is 0.0671. The predicted molar refractivity (Wildman–Crippen MR) is 66.0 cm³/mol. The van der Waals surface area contributed by atoms with Gasteiger partial charge in [-0.2, -0.15) is 0 Å². The van der Waals surface area contributed by atoms with Crippen molar-refractivity contribution in [1.82, 2.24) is 0 Å². The molecule has 0 aliphatic rings. The lowest BCUT2D eigenvalue weighted by Gasteiger charge is -1.95. The normalized spacial score (nSPS) is 9.11. The van der Waals surface area contributed by atoms with Crippen LogP contribution in [0.25, 0.3) is 0 Å². The molecule has 0 saturated carbocycles. The highest BCUT2D eigenvalue weighted by Gasteiger charge is 2.05. The minimum atomic E-state index is -1.11. The molecule has 7 heteroatoms. The van der Waals surface area contributed by atoms with Gasteiger partial charge in [-0.3, -0.25) is 10.1 Å². The molecular formula is C11H9NO5S. The zero-order valence-electron chi connectivity index (χ0n) is 9.02. The molecule has 18 heavy (non-hydrogen) atoms. The first-order chi connectivity index (χ1) is 8.52. The third kappa shape index (κ3) is 3.87. The van der Waals surface area contributed by atoms with Crippen molar-refractivity contribution in [2.75, 3.05) is 0 Å². The number of aromatic hydroxyl groups is 1. The summed E-state index contributed by atoms with van der Waals surface area (Å²) in [4.78, 5) is 19.7. The lowest BCUT2D eigenvalue weighted by molar-refractivity contribution is -0.380. The van der Waals surface area contributed by atoms with Gasteiger partial charge < -0.3 is 10.2 Å². The molecule has 0 radical (unpaired) electrons. The van der Waals surface area contributed by atoms with Crippen molar-refractivity contribution in [3.8, 4) is 5.75 Å². The Kier molecular flexibility index (Phi) is 4.82. The molecule has 6 nitrogen and oxygen atoms in total. The second kappa shape index (κ2) is 6.36. The Labute approximate surface area is 106 Å². The molecule has 0 fully saturated rings. The molecule has 0 atom stereocenters. The maximum Gasteiger partial charge on any atom is 0.339 e. The standard InChI is InChI=1S/C7H6O3.C4H3NO2S/c8-6-4-2-1-3-5(6)7(9)10;6-5(7)4-2-1-3-8-4/h1-4,8H,(H,9,10);1-3H. The van der Waals surface area contributed by atoms with Crippen molar-refractivity contribution in [1.29, 1.82) is 0 Å². The first-order valence-corrected chi connectivity index (χ1v) is 5.59. The molecule has 0 spiro atoms. The fourth-order valence-electron chi connectivity index (χ4n) is 1.03. The predicted octanol–water partition coefficient (Wildman–Crippen LogP) is 2.75. The molecule has 1 aromatic carbocycles. The van der Waals surface area contributed by atoms with Gasteiger partial charge in [-0.25, -0.2) is 4.79 Å². The highest BCUT2D eigenvalue weighted by atomic mass is 32.1. The third-order valence-electron chi connectivity index (χ3n) is 1.82. The maximum atomic E-state index is 10.3. The van der Waals surface area contributed by atoms with Gasteiger partial charge in [0.25, 0.3) is 0 Å². The minimum Gasteiger partial charge on any atom is -0.507 e. The average molecular weight is 267 g/mol. The Morgan fingerprint density at radius 1 is 1.22 bits per heavy atom. The number of carboxylic acid groups (broad SMARTS) is 1. The van der Waals surface area contributed by atoms with Crippen molar-refractivity contribution in [2.24, 2.45) is 0 Å². The fourth-order valence-corrected chi connectivity index (χ4v) is 1.57. The number of hydrogen-bond acceptors (Lipinski definition) is 5. The van der Waals surface area contributed by atoms with Crippen LogP contribution in [0, 0.1) is 10.1 Å². The first-order valence-electron chi connectivity index (χ1n) is 4.71. The third-order valence-corrected chi connectivity index (χ3v) is 2.64. The SMILES string of the molecule is O=C(O)c1ccccc1O.O=[N+]([O-])c1cccs1. The van der Waals surface area contributed by atoms with Gasteiger partial charge in [0.1, 0.15) is 11.3 Å². The number of thiophene rings is 1. The molecule has 2 N–H and O–H groups in total. The smallest absolute Gasteiger partial charge is 0.339 e. The second-order valence-corrected chi connectivity index (χ2v) is 3.96. The van der Waals surface area contributed by atoms with E-state index < -0.39 is 10.9 Å². The largest absolute Gasteiger partial charge is 0.507 e. The summed E-state index contributed by atoms with van der Waals surface area (Å²) in [5.74, 6) is -1.31. The number of carboxylic acids is 1. The Morgan fingerprint density at radius 2 is 1.89 bits per heavy atom. The fraction of sp³-hybridized carbons (Fsp3) is 0. The molecular weight excluding hydrogens is 258 g/mol. The number of aromatic carboxylic acids is 1. The van der Waals surface area contributed by atoms with E-state index in [1.807, 2.05) is 0 Å². The van der Waals surface area contributed by atoms with E-state index in [-0.39, 0.29) is 16.3 Å². The van der Waals surface area contributed by atoms with Crippen LogP contribution < -0.4 is 0 Å². The van der Waals surface area contributed by atoms with Crippen LogP contribution >= 0.6 is 11.3 Å². The monoisotopic (exact) mass is 267 g/mol. The van der Waals surface area contributed by atoms with Gasteiger partial charge in [-0.15, -0.1) is 0 Å². The van der Waals surface area contributed by atoms with E-state index in [4.69, 9.17) is 10.2 Å². The number of nitrogens with zero attached hydrogens (tertiary/aromatic N) is 1. The van der Waals surface area contributed by atoms with Gasteiger partial charge in [-0.05, 0) is 23.6 Å². The van der Waals surface area contributed by atoms with Crippen LogP contribution in [0.3, 0.4) is 0 Å². The van der Waals surface area contributed by atoms with E-state index in [9.17, 15) is 14.9 Å². The molecule has 94 valence electrons. The van der Waals surface area contributed by atoms with E-state index in [0.717, 1.165) is 11.3 Å². The van der Waals surface area contributed by atoms with Gasteiger partial charge >= 0.3 is 11.0 Å². The van der Waals surface area contributed by atoms with Crippen molar-refractivity contribution in [3.05, 3.63) is 57.5 Å². The van der Waals surface area contributed by atoms with Gasteiger partial charge in [-0.1, -0.05) is 23.5 Å². The van der Waals surface area contributed by atoms with Crippen LogP contribution in [-0.4, -0.2) is 21.1 Å². The highest BCUT2D eigenvalue weighted by Crippen LogP contribution is 2.16. The van der Waals surface area contributed by atoms with Gasteiger partial charge in [0, 0.05) is 6.07 Å². The second-order valence-electron chi connectivity index (χ2n) is 3.03. The summed E-state index contributed by atoms with van der Waals surface area (Å²) in [5.41, 5.74) is -0.0671. The van der Waals surface area contributed by atoms with Crippen LogP contribution in [-0.2, 0) is 0 Å². The van der Waals surface area contributed by atoms with Gasteiger partial charge in [0.05, 0.1) is 4.92 Å². The zero-order valence-corrected chi connectivity index (χ0v) is 9.83. The summed E-state index contributed by atoms with van der Waals surface area (Å²) < 4.78 is 0. The van der Waals surface area contributed by atoms with Crippen LogP contribution in [0.2, 0.25) is 0 Å². The Morgan fingerprint density at radius 3 is 2.22 bits per heavy atom. The van der Waals surface area contributed by atoms with Crippen molar-refractivity contribution >= 4 is 22.3 Å². The number of nitro groups is 1. The molecule has 0 aliphatic carbocycles. The molecule has 1 aromatic heterocycles. The topological polar surface area (TPSA) is 101 Å². The molecule has 0 bridgehead atoms. The maximum absolute atomic E-state index is 10.3. The van der Waals surface area contributed by atoms with Crippen LogP contribution in [0.4, 0.5) is 5.00 Å². The molecule has 2 aromatic rings. The van der Waals surface area contributed by atoms with E-state index in [1.54, 1.807) is 23.6 Å². The molecule has 0 unspecified atom stereocenters. The number of para-hydroxylation sites is 1. The zero-order chi connectivity index (χ0) is 13.5. The summed E-state index contributed by atoms with van der Waals surface area (Å²) in [5, 5.41) is 29.1. The van der Waals surface area contributed by atoms with E-state index in [1.165, 1.54) is 18.2 Å². The first kappa shape index (κ1) is 13.7. The number of carbonyl (C=O) groups is 1. The number of rotatable bonds is 2. The molecule has 0 amide bonds. The Bertz CT molecular complexity index is 538. The van der Waals surface area contributed by atoms with Crippen LogP contribution in [0.1, 0.15) is 10.4 Å². The summed E-state index contributed by atoms with van der Waals surface area (Å²) in [6.07, 6.45) is 0. The van der Waals surface area contributed by atoms with E-state index in [2.05, 4.69) is 0 Å². The molecule has 0 aliphatic heterocycles. The van der Waals surface area contributed by atoms with Crippen LogP contribution in [0.15, 0.2) is 41.8 Å². The van der Waals surface area contributed by atoms with Crippen LogP contribution in [0.5, 0.6) is 5.75 Å². The molecule has 1 heterocycles. The van der Waals surface area contributed by atoms with Gasteiger partial charge in [0.15, 0.2) is 0 Å². The lowest BCUT2D eigenvalue weighted by atomic mass is 10.2. The Balaban J connectivity index is 0.000000184. The molecule has 2 rings (SSSR count). The van der Waals surface area contributed by atoms with Crippen molar-refractivity contribution in [2.45, 2.75) is 0 Å². The highest BCUT2D eigenvalue weighted by molar-refractivity contribution is 7.13. The quantitative estimate of drug-likeness (QED) is 0.643. The van der Waals surface area contributed by atoms with Crippen molar-refractivity contribution < 1.29 is 19.9 Å². The van der Waals surface area contributed by atoms with Crippen molar-refractivity contribution in [3.63, 3.8) is 0 Å². The number of phenols is 1. The molecule has 0 saturated heterocycles.